The number of benzene rings is 1. The van der Waals surface area contributed by atoms with Gasteiger partial charge in [-0.2, -0.15) is 0 Å². The average molecular weight is 337 g/mol. The lowest BCUT2D eigenvalue weighted by Crippen LogP contribution is -2.52. The standard InChI is InChI=1S/C16H23N3O3S/c1-23(21,22)15-4-2-13(3-5-15)16(20)19-10-8-18(9-11-19)14-6-7-17-12-14/h2-5,14,17H,6-12H2,1H3. The normalized spacial score (nSPS) is 23.2. The van der Waals surface area contributed by atoms with Crippen molar-refractivity contribution in [1.82, 2.24) is 15.1 Å². The molecule has 1 aromatic rings. The van der Waals surface area contributed by atoms with E-state index >= 15 is 0 Å². The molecule has 1 aromatic carbocycles. The molecule has 126 valence electrons. The van der Waals surface area contributed by atoms with Crippen LogP contribution in [0.5, 0.6) is 0 Å². The summed E-state index contributed by atoms with van der Waals surface area (Å²) >= 11 is 0. The van der Waals surface area contributed by atoms with Crippen LogP contribution in [0.3, 0.4) is 0 Å². The molecule has 2 aliphatic heterocycles. The SMILES string of the molecule is CS(=O)(=O)c1ccc(C(=O)N2CCN(C3CCNC3)CC2)cc1. The van der Waals surface area contributed by atoms with Gasteiger partial charge in [0.25, 0.3) is 5.91 Å². The van der Waals surface area contributed by atoms with Crippen LogP contribution in [0.4, 0.5) is 0 Å². The molecule has 0 saturated carbocycles. The molecule has 1 atom stereocenters. The molecule has 2 heterocycles. The lowest BCUT2D eigenvalue weighted by atomic mass is 10.1. The number of amides is 1. The van der Waals surface area contributed by atoms with Crippen molar-refractivity contribution < 1.29 is 13.2 Å². The van der Waals surface area contributed by atoms with Crippen LogP contribution in [0, 0.1) is 0 Å². The second-order valence-corrected chi connectivity index (χ2v) is 8.29. The second kappa shape index (κ2) is 6.59. The van der Waals surface area contributed by atoms with Gasteiger partial charge in [-0.25, -0.2) is 8.42 Å². The summed E-state index contributed by atoms with van der Waals surface area (Å²) in [5, 5.41) is 3.38. The fourth-order valence-electron chi connectivity index (χ4n) is 3.27. The Morgan fingerprint density at radius 3 is 2.30 bits per heavy atom. The second-order valence-electron chi connectivity index (χ2n) is 6.27. The molecule has 0 bridgehead atoms. The largest absolute Gasteiger partial charge is 0.336 e. The Bertz CT molecular complexity index is 658. The van der Waals surface area contributed by atoms with E-state index in [1.165, 1.54) is 24.8 Å². The van der Waals surface area contributed by atoms with Crippen molar-refractivity contribution in [2.75, 3.05) is 45.5 Å². The lowest BCUT2D eigenvalue weighted by molar-refractivity contribution is 0.0583. The van der Waals surface area contributed by atoms with Gasteiger partial charge in [-0.3, -0.25) is 9.69 Å². The molecule has 0 radical (unpaired) electrons. The summed E-state index contributed by atoms with van der Waals surface area (Å²) < 4.78 is 22.9. The zero-order chi connectivity index (χ0) is 16.4. The highest BCUT2D eigenvalue weighted by Gasteiger charge is 2.28. The maximum atomic E-state index is 12.5. The van der Waals surface area contributed by atoms with Crippen LogP contribution in [0.1, 0.15) is 16.8 Å². The van der Waals surface area contributed by atoms with Crippen LogP contribution in [0.15, 0.2) is 29.2 Å². The summed E-state index contributed by atoms with van der Waals surface area (Å²) in [6, 6.07) is 6.81. The van der Waals surface area contributed by atoms with E-state index in [-0.39, 0.29) is 10.8 Å². The van der Waals surface area contributed by atoms with Crippen molar-refractivity contribution in [2.24, 2.45) is 0 Å². The van der Waals surface area contributed by atoms with Crippen molar-refractivity contribution in [3.8, 4) is 0 Å². The number of piperazine rings is 1. The van der Waals surface area contributed by atoms with Gasteiger partial charge < -0.3 is 10.2 Å². The Labute approximate surface area is 137 Å². The fraction of sp³-hybridized carbons (Fsp3) is 0.562. The van der Waals surface area contributed by atoms with E-state index in [0.29, 0.717) is 11.6 Å². The molecule has 1 amide bonds. The van der Waals surface area contributed by atoms with Crippen LogP contribution in [-0.2, 0) is 9.84 Å². The summed E-state index contributed by atoms with van der Waals surface area (Å²) in [5.74, 6) is -0.0192. The number of carbonyl (C=O) groups excluding carboxylic acids is 1. The van der Waals surface area contributed by atoms with Gasteiger partial charge in [-0.15, -0.1) is 0 Å². The Morgan fingerprint density at radius 1 is 1.13 bits per heavy atom. The summed E-state index contributed by atoms with van der Waals surface area (Å²) in [6.07, 6.45) is 2.35. The van der Waals surface area contributed by atoms with Crippen LogP contribution in [0.25, 0.3) is 0 Å². The van der Waals surface area contributed by atoms with E-state index in [2.05, 4.69) is 10.2 Å². The number of nitrogens with one attached hydrogen (secondary N) is 1. The van der Waals surface area contributed by atoms with Gasteiger partial charge in [-0.1, -0.05) is 0 Å². The maximum Gasteiger partial charge on any atom is 0.253 e. The minimum absolute atomic E-state index is 0.0192. The predicted molar refractivity (Wildman–Crippen MR) is 88.3 cm³/mol. The molecular formula is C16H23N3O3S. The number of rotatable bonds is 3. The third-order valence-corrected chi connectivity index (χ3v) is 5.81. The zero-order valence-corrected chi connectivity index (χ0v) is 14.2. The van der Waals surface area contributed by atoms with Gasteiger partial charge in [0.2, 0.25) is 0 Å². The molecule has 0 aliphatic carbocycles. The van der Waals surface area contributed by atoms with Crippen molar-refractivity contribution in [2.45, 2.75) is 17.4 Å². The average Bonchev–Trinajstić information content (AvgIpc) is 3.08. The smallest absolute Gasteiger partial charge is 0.253 e. The van der Waals surface area contributed by atoms with Gasteiger partial charge in [0.1, 0.15) is 0 Å². The summed E-state index contributed by atoms with van der Waals surface area (Å²) in [7, 11) is -3.22. The molecule has 0 spiro atoms. The highest BCUT2D eigenvalue weighted by atomic mass is 32.2. The molecule has 1 unspecified atom stereocenters. The van der Waals surface area contributed by atoms with Crippen molar-refractivity contribution in [3.05, 3.63) is 29.8 Å². The predicted octanol–water partition coefficient (Wildman–Crippen LogP) is 0.210. The summed E-state index contributed by atoms with van der Waals surface area (Å²) in [6.45, 7) is 5.38. The first kappa shape index (κ1) is 16.4. The third-order valence-electron chi connectivity index (χ3n) is 4.68. The molecule has 2 aliphatic rings. The number of hydrogen-bond acceptors (Lipinski definition) is 5. The Morgan fingerprint density at radius 2 is 1.78 bits per heavy atom. The molecular weight excluding hydrogens is 314 g/mol. The van der Waals surface area contributed by atoms with Gasteiger partial charge in [-0.05, 0) is 37.2 Å². The van der Waals surface area contributed by atoms with Crippen LogP contribution in [-0.4, -0.2) is 75.7 Å². The number of nitrogens with zero attached hydrogens (tertiary/aromatic N) is 2. The van der Waals surface area contributed by atoms with E-state index in [1.807, 2.05) is 4.90 Å². The van der Waals surface area contributed by atoms with Crippen molar-refractivity contribution >= 4 is 15.7 Å². The number of sulfone groups is 1. The highest BCUT2D eigenvalue weighted by molar-refractivity contribution is 7.90. The molecule has 2 saturated heterocycles. The maximum absolute atomic E-state index is 12.5. The molecule has 23 heavy (non-hydrogen) atoms. The molecule has 0 aromatic heterocycles. The molecule has 3 rings (SSSR count). The molecule has 6 nitrogen and oxygen atoms in total. The van der Waals surface area contributed by atoms with E-state index in [0.717, 1.165) is 39.3 Å². The lowest BCUT2D eigenvalue weighted by Gasteiger charge is -2.37. The minimum atomic E-state index is -3.22. The number of carbonyl (C=O) groups is 1. The Balaban J connectivity index is 1.60. The monoisotopic (exact) mass is 337 g/mol. The molecule has 7 heteroatoms. The van der Waals surface area contributed by atoms with Gasteiger partial charge in [0, 0.05) is 50.6 Å². The van der Waals surface area contributed by atoms with Gasteiger partial charge >= 0.3 is 0 Å². The first-order valence-electron chi connectivity index (χ1n) is 7.99. The molecule has 1 N–H and O–H groups in total. The first-order valence-corrected chi connectivity index (χ1v) is 9.88. The Hall–Kier alpha value is -1.44. The minimum Gasteiger partial charge on any atom is -0.336 e. The number of hydrogen-bond donors (Lipinski definition) is 1. The van der Waals surface area contributed by atoms with Crippen LogP contribution in [0.2, 0.25) is 0 Å². The van der Waals surface area contributed by atoms with Crippen molar-refractivity contribution in [1.29, 1.82) is 0 Å². The topological polar surface area (TPSA) is 69.7 Å². The summed E-state index contributed by atoms with van der Waals surface area (Å²) in [4.78, 5) is 17.1. The van der Waals surface area contributed by atoms with Gasteiger partial charge in [0.15, 0.2) is 9.84 Å². The Kier molecular flexibility index (Phi) is 4.70. The van der Waals surface area contributed by atoms with Crippen LogP contribution >= 0.6 is 0 Å². The van der Waals surface area contributed by atoms with E-state index in [9.17, 15) is 13.2 Å². The van der Waals surface area contributed by atoms with Crippen molar-refractivity contribution in [3.63, 3.8) is 0 Å². The first-order chi connectivity index (χ1) is 10.9. The third kappa shape index (κ3) is 3.73. The van der Waals surface area contributed by atoms with Gasteiger partial charge in [0.05, 0.1) is 4.90 Å². The van der Waals surface area contributed by atoms with E-state index in [4.69, 9.17) is 0 Å². The summed E-state index contributed by atoms with van der Waals surface area (Å²) in [5.41, 5.74) is 0.549. The zero-order valence-electron chi connectivity index (χ0n) is 13.4. The molecule has 2 fully saturated rings. The fourth-order valence-corrected chi connectivity index (χ4v) is 3.90. The van der Waals surface area contributed by atoms with Crippen LogP contribution < -0.4 is 5.32 Å². The highest BCUT2D eigenvalue weighted by Crippen LogP contribution is 2.16. The quantitative estimate of drug-likeness (QED) is 0.854. The van der Waals surface area contributed by atoms with E-state index < -0.39 is 9.84 Å². The van der Waals surface area contributed by atoms with E-state index in [1.54, 1.807) is 12.1 Å².